The van der Waals surface area contributed by atoms with Crippen LogP contribution in [0.5, 0.6) is 5.75 Å². The lowest BCUT2D eigenvalue weighted by atomic mass is 9.98. The van der Waals surface area contributed by atoms with E-state index in [4.69, 9.17) is 9.15 Å². The Balaban J connectivity index is 1.55. The molecule has 0 saturated carbocycles. The molecule has 5 aromatic rings. The summed E-state index contributed by atoms with van der Waals surface area (Å²) in [4.78, 5) is 26.6. The molecule has 1 heterocycles. The molecule has 1 aromatic heterocycles. The van der Waals surface area contributed by atoms with Gasteiger partial charge in [0.15, 0.2) is 0 Å². The lowest BCUT2D eigenvalue weighted by molar-refractivity contribution is 0.0929. The second-order valence-corrected chi connectivity index (χ2v) is 8.37. The SMILES string of the molecule is CCNC(=O)c1oc2cc(OCc3ccccc3)ccc2c(=O)c1-c1ccc(-c2ccccc2)cc1. The van der Waals surface area contributed by atoms with Gasteiger partial charge in [0.2, 0.25) is 11.2 Å². The lowest BCUT2D eigenvalue weighted by Crippen LogP contribution is -2.25. The summed E-state index contributed by atoms with van der Waals surface area (Å²) in [6.45, 7) is 2.61. The number of rotatable bonds is 7. The van der Waals surface area contributed by atoms with Gasteiger partial charge in [0.1, 0.15) is 17.9 Å². The van der Waals surface area contributed by atoms with Gasteiger partial charge in [-0.2, -0.15) is 0 Å². The summed E-state index contributed by atoms with van der Waals surface area (Å²) in [5.41, 5.74) is 4.01. The fraction of sp³-hybridized carbons (Fsp3) is 0.0968. The molecule has 5 nitrogen and oxygen atoms in total. The monoisotopic (exact) mass is 475 g/mol. The van der Waals surface area contributed by atoms with Gasteiger partial charge in [-0.05, 0) is 41.3 Å². The zero-order chi connectivity index (χ0) is 24.9. The van der Waals surface area contributed by atoms with Gasteiger partial charge < -0.3 is 14.5 Å². The number of amides is 1. The fourth-order valence-corrected chi connectivity index (χ4v) is 4.13. The smallest absolute Gasteiger partial charge is 0.287 e. The predicted molar refractivity (Wildman–Crippen MR) is 142 cm³/mol. The third kappa shape index (κ3) is 4.77. The third-order valence-electron chi connectivity index (χ3n) is 5.94. The molecule has 1 amide bonds. The summed E-state index contributed by atoms with van der Waals surface area (Å²) in [6, 6.07) is 32.4. The highest BCUT2D eigenvalue weighted by Crippen LogP contribution is 2.29. The van der Waals surface area contributed by atoms with E-state index in [-0.39, 0.29) is 16.8 Å². The topological polar surface area (TPSA) is 68.5 Å². The first-order valence-electron chi connectivity index (χ1n) is 11.9. The van der Waals surface area contributed by atoms with Crippen molar-refractivity contribution >= 4 is 16.9 Å². The molecule has 36 heavy (non-hydrogen) atoms. The average Bonchev–Trinajstić information content (AvgIpc) is 2.93. The normalized spacial score (nSPS) is 10.8. The van der Waals surface area contributed by atoms with E-state index in [0.717, 1.165) is 16.7 Å². The zero-order valence-electron chi connectivity index (χ0n) is 19.9. The minimum Gasteiger partial charge on any atom is -0.489 e. The number of hydrogen-bond donors (Lipinski definition) is 1. The highest BCUT2D eigenvalue weighted by atomic mass is 16.5. The van der Waals surface area contributed by atoms with Crippen LogP contribution in [0.4, 0.5) is 0 Å². The third-order valence-corrected chi connectivity index (χ3v) is 5.94. The molecule has 0 fully saturated rings. The van der Waals surface area contributed by atoms with Gasteiger partial charge in [0.25, 0.3) is 5.91 Å². The minimum absolute atomic E-state index is 0.0120. The van der Waals surface area contributed by atoms with Gasteiger partial charge in [-0.25, -0.2) is 0 Å². The summed E-state index contributed by atoms with van der Waals surface area (Å²) >= 11 is 0. The number of carbonyl (C=O) groups is 1. The first kappa shape index (κ1) is 23.1. The van der Waals surface area contributed by atoms with Gasteiger partial charge >= 0.3 is 0 Å². The van der Waals surface area contributed by atoms with Gasteiger partial charge in [-0.3, -0.25) is 9.59 Å². The van der Waals surface area contributed by atoms with Crippen molar-refractivity contribution in [3.63, 3.8) is 0 Å². The molecule has 0 saturated heterocycles. The van der Waals surface area contributed by atoms with Crippen molar-refractivity contribution in [3.8, 4) is 28.0 Å². The van der Waals surface area contributed by atoms with Gasteiger partial charge in [-0.1, -0.05) is 84.9 Å². The van der Waals surface area contributed by atoms with E-state index >= 15 is 0 Å². The van der Waals surface area contributed by atoms with Crippen LogP contribution < -0.4 is 15.5 Å². The van der Waals surface area contributed by atoms with Crippen molar-refractivity contribution in [1.29, 1.82) is 0 Å². The molecule has 0 aliphatic heterocycles. The molecule has 0 atom stereocenters. The molecule has 1 N–H and O–H groups in total. The minimum atomic E-state index is -0.436. The largest absolute Gasteiger partial charge is 0.489 e. The van der Waals surface area contributed by atoms with E-state index in [1.54, 1.807) is 18.2 Å². The lowest BCUT2D eigenvalue weighted by Gasteiger charge is -2.12. The van der Waals surface area contributed by atoms with Gasteiger partial charge in [0, 0.05) is 12.6 Å². The van der Waals surface area contributed by atoms with Crippen molar-refractivity contribution < 1.29 is 13.9 Å². The molecule has 0 aliphatic rings. The summed E-state index contributed by atoms with van der Waals surface area (Å²) in [5, 5.41) is 3.15. The van der Waals surface area contributed by atoms with Crippen LogP contribution in [0.25, 0.3) is 33.2 Å². The average molecular weight is 476 g/mol. The van der Waals surface area contributed by atoms with Crippen LogP contribution in [0.2, 0.25) is 0 Å². The summed E-state index contributed by atoms with van der Waals surface area (Å²) in [7, 11) is 0. The Morgan fingerprint density at radius 1 is 0.806 bits per heavy atom. The predicted octanol–water partition coefficient (Wildman–Crippen LogP) is 6.46. The molecule has 0 unspecified atom stereocenters. The summed E-state index contributed by atoms with van der Waals surface area (Å²) < 4.78 is 12.0. The number of nitrogens with one attached hydrogen (secondary N) is 1. The molecule has 0 aliphatic carbocycles. The number of fused-ring (bicyclic) bond motifs is 1. The fourth-order valence-electron chi connectivity index (χ4n) is 4.13. The Bertz CT molecular complexity index is 1560. The van der Waals surface area contributed by atoms with E-state index < -0.39 is 5.91 Å². The second-order valence-electron chi connectivity index (χ2n) is 8.37. The van der Waals surface area contributed by atoms with Gasteiger partial charge in [-0.15, -0.1) is 0 Å². The number of ether oxygens (including phenoxy) is 1. The molecule has 178 valence electrons. The Hall–Kier alpha value is -4.64. The highest BCUT2D eigenvalue weighted by Gasteiger charge is 2.22. The highest BCUT2D eigenvalue weighted by molar-refractivity contribution is 6.00. The molecular weight excluding hydrogens is 450 g/mol. The Kier molecular flexibility index (Phi) is 6.63. The molecule has 0 spiro atoms. The molecule has 0 radical (unpaired) electrons. The molecule has 4 aromatic carbocycles. The van der Waals surface area contributed by atoms with Crippen LogP contribution in [0, 0.1) is 0 Å². The van der Waals surface area contributed by atoms with Crippen LogP contribution >= 0.6 is 0 Å². The maximum atomic E-state index is 13.6. The van der Waals surface area contributed by atoms with Crippen LogP contribution in [0.1, 0.15) is 23.0 Å². The number of carbonyl (C=O) groups excluding carboxylic acids is 1. The Morgan fingerprint density at radius 2 is 1.44 bits per heavy atom. The quantitative estimate of drug-likeness (QED) is 0.293. The summed E-state index contributed by atoms with van der Waals surface area (Å²) in [6.07, 6.45) is 0. The van der Waals surface area contributed by atoms with E-state index in [0.29, 0.717) is 35.4 Å². The van der Waals surface area contributed by atoms with E-state index in [2.05, 4.69) is 5.32 Å². The van der Waals surface area contributed by atoms with Crippen LogP contribution in [-0.4, -0.2) is 12.5 Å². The Morgan fingerprint density at radius 3 is 2.14 bits per heavy atom. The van der Waals surface area contributed by atoms with E-state index in [1.165, 1.54) is 0 Å². The maximum Gasteiger partial charge on any atom is 0.287 e. The number of benzene rings is 4. The standard InChI is InChI=1S/C31H25NO4/c1-2-32-31(34)30-28(24-15-13-23(14-16-24)22-11-7-4-8-12-22)29(33)26-18-17-25(19-27(26)36-30)35-20-21-9-5-3-6-10-21/h3-19H,2,20H2,1H3,(H,32,34). The van der Waals surface area contributed by atoms with Crippen molar-refractivity contribution in [3.05, 3.63) is 125 Å². The van der Waals surface area contributed by atoms with Crippen molar-refractivity contribution in [2.24, 2.45) is 0 Å². The molecule has 5 rings (SSSR count). The maximum absolute atomic E-state index is 13.6. The van der Waals surface area contributed by atoms with Gasteiger partial charge in [0.05, 0.1) is 10.9 Å². The Labute approximate surface area is 209 Å². The second kappa shape index (κ2) is 10.3. The van der Waals surface area contributed by atoms with Crippen molar-refractivity contribution in [2.45, 2.75) is 13.5 Å². The van der Waals surface area contributed by atoms with Crippen LogP contribution in [-0.2, 0) is 6.61 Å². The first-order chi connectivity index (χ1) is 17.6. The van der Waals surface area contributed by atoms with Crippen molar-refractivity contribution in [2.75, 3.05) is 6.54 Å². The van der Waals surface area contributed by atoms with Crippen molar-refractivity contribution in [1.82, 2.24) is 5.32 Å². The number of hydrogen-bond acceptors (Lipinski definition) is 4. The van der Waals surface area contributed by atoms with Crippen LogP contribution in [0.15, 0.2) is 112 Å². The molecule has 5 heteroatoms. The summed E-state index contributed by atoms with van der Waals surface area (Å²) in [5.74, 6) is 0.104. The molecular formula is C31H25NO4. The van der Waals surface area contributed by atoms with E-state index in [9.17, 15) is 9.59 Å². The van der Waals surface area contributed by atoms with E-state index in [1.807, 2.05) is 91.9 Å². The van der Waals surface area contributed by atoms with Crippen LogP contribution in [0.3, 0.4) is 0 Å². The first-order valence-corrected chi connectivity index (χ1v) is 11.9. The zero-order valence-corrected chi connectivity index (χ0v) is 19.9. The molecule has 0 bridgehead atoms.